The van der Waals surface area contributed by atoms with Crippen molar-refractivity contribution in [2.45, 2.75) is 26.6 Å². The SMILES string of the molecule is CC(=Nc1cnn(CC(F)(F)F)c1)c1c(O)[nH]c2cnc(-c3cnccc3C)cc12. The maximum atomic E-state index is 12.5. The maximum absolute atomic E-state index is 12.5. The first-order valence-electron chi connectivity index (χ1n) is 8.98. The van der Waals surface area contributed by atoms with E-state index in [1.807, 2.05) is 19.1 Å². The van der Waals surface area contributed by atoms with E-state index in [-0.39, 0.29) is 11.6 Å². The number of nitrogens with zero attached hydrogens (tertiary/aromatic N) is 5. The number of fused-ring (bicyclic) bond motifs is 1. The molecule has 4 aromatic rings. The average molecular weight is 414 g/mol. The molecule has 4 heterocycles. The molecular weight excluding hydrogens is 397 g/mol. The number of aliphatic imine (C=N–C) groups is 1. The molecule has 10 heteroatoms. The molecule has 0 fully saturated rings. The van der Waals surface area contributed by atoms with Crippen LogP contribution in [-0.4, -0.2) is 41.7 Å². The molecule has 0 unspecified atom stereocenters. The number of nitrogens with one attached hydrogen (secondary N) is 1. The Morgan fingerprint density at radius 2 is 2.07 bits per heavy atom. The molecule has 0 aliphatic rings. The van der Waals surface area contributed by atoms with E-state index in [0.717, 1.165) is 15.8 Å². The fraction of sp³-hybridized carbons (Fsp3) is 0.200. The first-order chi connectivity index (χ1) is 14.2. The Kier molecular flexibility index (Phi) is 4.76. The molecule has 0 saturated heterocycles. The fourth-order valence-electron chi connectivity index (χ4n) is 3.26. The van der Waals surface area contributed by atoms with Crippen LogP contribution in [0.2, 0.25) is 0 Å². The summed E-state index contributed by atoms with van der Waals surface area (Å²) in [5.41, 5.74) is 4.26. The van der Waals surface area contributed by atoms with Gasteiger partial charge in [0.15, 0.2) is 5.88 Å². The zero-order valence-corrected chi connectivity index (χ0v) is 16.1. The molecule has 0 aliphatic heterocycles. The molecule has 4 rings (SSSR count). The van der Waals surface area contributed by atoms with Crippen molar-refractivity contribution >= 4 is 22.3 Å². The van der Waals surface area contributed by atoms with Crippen LogP contribution in [0.15, 0.2) is 48.1 Å². The number of aromatic amines is 1. The van der Waals surface area contributed by atoms with Gasteiger partial charge in [0.25, 0.3) is 0 Å². The summed E-state index contributed by atoms with van der Waals surface area (Å²) in [4.78, 5) is 15.8. The largest absolute Gasteiger partial charge is 0.494 e. The van der Waals surface area contributed by atoms with Crippen molar-refractivity contribution in [3.8, 4) is 17.1 Å². The van der Waals surface area contributed by atoms with Gasteiger partial charge in [0.05, 0.1) is 41.1 Å². The average Bonchev–Trinajstić information content (AvgIpc) is 3.22. The van der Waals surface area contributed by atoms with E-state index in [1.165, 1.54) is 12.4 Å². The molecular formula is C20H17F3N6O. The number of aromatic nitrogens is 5. The molecule has 0 aromatic carbocycles. The van der Waals surface area contributed by atoms with Gasteiger partial charge in [-0.25, -0.2) is 4.99 Å². The molecule has 4 aromatic heterocycles. The van der Waals surface area contributed by atoms with Crippen LogP contribution in [0, 0.1) is 6.92 Å². The van der Waals surface area contributed by atoms with Crippen LogP contribution in [0.5, 0.6) is 5.88 Å². The van der Waals surface area contributed by atoms with Gasteiger partial charge < -0.3 is 10.1 Å². The van der Waals surface area contributed by atoms with Crippen molar-refractivity contribution in [3.05, 3.63) is 54.2 Å². The van der Waals surface area contributed by atoms with Crippen molar-refractivity contribution in [1.82, 2.24) is 24.7 Å². The van der Waals surface area contributed by atoms with Gasteiger partial charge in [-0.05, 0) is 31.5 Å². The molecule has 0 bridgehead atoms. The highest BCUT2D eigenvalue weighted by molar-refractivity contribution is 6.13. The predicted molar refractivity (Wildman–Crippen MR) is 106 cm³/mol. The van der Waals surface area contributed by atoms with E-state index in [1.54, 1.807) is 25.5 Å². The van der Waals surface area contributed by atoms with E-state index in [4.69, 9.17) is 0 Å². The summed E-state index contributed by atoms with van der Waals surface area (Å²) in [6, 6.07) is 3.69. The third kappa shape index (κ3) is 3.88. The Bertz CT molecular complexity index is 1260. The summed E-state index contributed by atoms with van der Waals surface area (Å²) >= 11 is 0. The van der Waals surface area contributed by atoms with Crippen LogP contribution in [0.4, 0.5) is 18.9 Å². The number of aromatic hydroxyl groups is 1. The number of aryl methyl sites for hydroxylation is 1. The summed E-state index contributed by atoms with van der Waals surface area (Å²) in [7, 11) is 0. The van der Waals surface area contributed by atoms with Crippen LogP contribution < -0.4 is 0 Å². The van der Waals surface area contributed by atoms with Gasteiger partial charge >= 0.3 is 6.18 Å². The third-order valence-corrected chi connectivity index (χ3v) is 4.60. The second-order valence-corrected chi connectivity index (χ2v) is 6.86. The van der Waals surface area contributed by atoms with E-state index in [2.05, 4.69) is 25.0 Å². The predicted octanol–water partition coefficient (Wildman–Crippen LogP) is 4.54. The molecule has 0 aliphatic carbocycles. The minimum Gasteiger partial charge on any atom is -0.494 e. The summed E-state index contributed by atoms with van der Waals surface area (Å²) in [6.45, 7) is 2.42. The number of halogens is 3. The topological polar surface area (TPSA) is 92.0 Å². The highest BCUT2D eigenvalue weighted by atomic mass is 19.4. The lowest BCUT2D eigenvalue weighted by Crippen LogP contribution is -2.17. The Labute approximate surface area is 168 Å². The zero-order chi connectivity index (χ0) is 21.5. The van der Waals surface area contributed by atoms with Crippen LogP contribution >= 0.6 is 0 Å². The lowest BCUT2D eigenvalue weighted by Gasteiger charge is -2.05. The third-order valence-electron chi connectivity index (χ3n) is 4.60. The minimum absolute atomic E-state index is 0.101. The second-order valence-electron chi connectivity index (χ2n) is 6.86. The van der Waals surface area contributed by atoms with E-state index >= 15 is 0 Å². The van der Waals surface area contributed by atoms with Crippen LogP contribution in [0.3, 0.4) is 0 Å². The highest BCUT2D eigenvalue weighted by Crippen LogP contribution is 2.32. The van der Waals surface area contributed by atoms with E-state index in [9.17, 15) is 18.3 Å². The van der Waals surface area contributed by atoms with Crippen LogP contribution in [0.25, 0.3) is 22.2 Å². The van der Waals surface area contributed by atoms with Gasteiger partial charge in [0.2, 0.25) is 0 Å². The number of alkyl halides is 3. The minimum atomic E-state index is -4.37. The number of hydrogen-bond donors (Lipinski definition) is 2. The molecule has 154 valence electrons. The molecule has 0 spiro atoms. The van der Waals surface area contributed by atoms with Crippen molar-refractivity contribution in [3.63, 3.8) is 0 Å². The van der Waals surface area contributed by atoms with Gasteiger partial charge in [-0.15, -0.1) is 0 Å². The summed E-state index contributed by atoms with van der Waals surface area (Å²) in [5, 5.41) is 14.8. The lowest BCUT2D eigenvalue weighted by atomic mass is 10.0. The normalized spacial score (nSPS) is 12.6. The first kappa shape index (κ1) is 19.6. The lowest BCUT2D eigenvalue weighted by molar-refractivity contribution is -0.142. The Hall–Kier alpha value is -3.69. The van der Waals surface area contributed by atoms with Crippen molar-refractivity contribution in [2.24, 2.45) is 4.99 Å². The van der Waals surface area contributed by atoms with E-state index in [0.29, 0.717) is 27.9 Å². The maximum Gasteiger partial charge on any atom is 0.408 e. The fourth-order valence-corrected chi connectivity index (χ4v) is 3.26. The van der Waals surface area contributed by atoms with Gasteiger partial charge in [-0.1, -0.05) is 0 Å². The molecule has 0 radical (unpaired) electrons. The van der Waals surface area contributed by atoms with Crippen molar-refractivity contribution < 1.29 is 18.3 Å². The van der Waals surface area contributed by atoms with Crippen LogP contribution in [0.1, 0.15) is 18.1 Å². The summed E-state index contributed by atoms with van der Waals surface area (Å²) in [5.74, 6) is -0.101. The molecule has 0 amide bonds. The smallest absolute Gasteiger partial charge is 0.408 e. The Morgan fingerprint density at radius 1 is 1.27 bits per heavy atom. The summed E-state index contributed by atoms with van der Waals surface area (Å²) in [6.07, 6.45) is 3.09. The van der Waals surface area contributed by atoms with Crippen molar-refractivity contribution in [1.29, 1.82) is 0 Å². The van der Waals surface area contributed by atoms with Crippen LogP contribution in [-0.2, 0) is 6.54 Å². The van der Waals surface area contributed by atoms with Crippen molar-refractivity contribution in [2.75, 3.05) is 0 Å². The van der Waals surface area contributed by atoms with Gasteiger partial charge in [0.1, 0.15) is 12.2 Å². The monoisotopic (exact) mass is 414 g/mol. The van der Waals surface area contributed by atoms with Gasteiger partial charge in [-0.3, -0.25) is 14.6 Å². The number of H-pyrrole nitrogens is 1. The molecule has 2 N–H and O–H groups in total. The number of rotatable bonds is 4. The molecule has 0 saturated carbocycles. The number of pyridine rings is 2. The summed E-state index contributed by atoms with van der Waals surface area (Å²) < 4.78 is 38.3. The van der Waals surface area contributed by atoms with Gasteiger partial charge in [-0.2, -0.15) is 18.3 Å². The highest BCUT2D eigenvalue weighted by Gasteiger charge is 2.28. The Balaban J connectivity index is 1.74. The zero-order valence-electron chi connectivity index (χ0n) is 16.1. The quantitative estimate of drug-likeness (QED) is 0.480. The second kappa shape index (κ2) is 7.29. The standard InChI is InChI=1S/C20H17F3N6O/c1-11-3-4-24-7-15(11)16-5-14-17(8-25-16)28-19(30)18(14)12(2)27-13-6-26-29(9-13)10-20(21,22)23/h3-9,28,30H,10H2,1-2H3. The molecule has 30 heavy (non-hydrogen) atoms. The van der Waals surface area contributed by atoms with Gasteiger partial charge in [0, 0.05) is 23.3 Å². The molecule has 0 atom stereocenters. The molecule has 7 nitrogen and oxygen atoms in total. The Morgan fingerprint density at radius 3 is 2.80 bits per heavy atom. The van der Waals surface area contributed by atoms with E-state index < -0.39 is 12.7 Å². The number of hydrogen-bond acceptors (Lipinski definition) is 5. The first-order valence-corrected chi connectivity index (χ1v) is 8.98.